The standard InChI is InChI=1S/C14H15NO5S2/c1-10-5-6-21-14(10)22(18,19)15-8-11-3-2-4-12(7-11)20-9-13(16)17/h2-7,15H,8-9H2,1H3,(H,16,17). The second kappa shape index (κ2) is 6.91. The number of aliphatic carboxylic acids is 1. The van der Waals surface area contributed by atoms with Crippen molar-refractivity contribution in [1.82, 2.24) is 4.72 Å². The first kappa shape index (κ1) is 16.5. The minimum atomic E-state index is -3.55. The number of carboxylic acid groups (broad SMARTS) is 1. The molecule has 0 saturated heterocycles. The molecule has 2 rings (SSSR count). The van der Waals surface area contributed by atoms with E-state index in [1.165, 1.54) is 11.3 Å². The van der Waals surface area contributed by atoms with Crippen LogP contribution < -0.4 is 9.46 Å². The van der Waals surface area contributed by atoms with Gasteiger partial charge in [0.25, 0.3) is 10.0 Å². The largest absolute Gasteiger partial charge is 0.482 e. The Balaban J connectivity index is 2.04. The summed E-state index contributed by atoms with van der Waals surface area (Å²) < 4.78 is 32.2. The summed E-state index contributed by atoms with van der Waals surface area (Å²) in [5, 5.41) is 10.3. The molecule has 8 heteroatoms. The summed E-state index contributed by atoms with van der Waals surface area (Å²) in [7, 11) is -3.55. The Morgan fingerprint density at radius 2 is 2.14 bits per heavy atom. The number of aryl methyl sites for hydroxylation is 1. The Kier molecular flexibility index (Phi) is 5.17. The van der Waals surface area contributed by atoms with Gasteiger partial charge in [-0.15, -0.1) is 11.3 Å². The van der Waals surface area contributed by atoms with E-state index in [2.05, 4.69) is 4.72 Å². The summed E-state index contributed by atoms with van der Waals surface area (Å²) in [5.74, 6) is -0.689. The molecule has 0 aliphatic rings. The van der Waals surface area contributed by atoms with Gasteiger partial charge in [-0.3, -0.25) is 0 Å². The van der Waals surface area contributed by atoms with E-state index in [0.29, 0.717) is 21.1 Å². The highest BCUT2D eigenvalue weighted by Crippen LogP contribution is 2.22. The minimum absolute atomic E-state index is 0.101. The van der Waals surface area contributed by atoms with E-state index < -0.39 is 22.6 Å². The number of ether oxygens (including phenoxy) is 1. The molecule has 0 fully saturated rings. The van der Waals surface area contributed by atoms with Crippen molar-refractivity contribution in [1.29, 1.82) is 0 Å². The number of nitrogens with one attached hydrogen (secondary N) is 1. The molecule has 0 amide bonds. The van der Waals surface area contributed by atoms with E-state index in [1.807, 2.05) is 0 Å². The number of sulfonamides is 1. The number of hydrogen-bond acceptors (Lipinski definition) is 5. The van der Waals surface area contributed by atoms with E-state index in [4.69, 9.17) is 9.84 Å². The van der Waals surface area contributed by atoms with E-state index in [9.17, 15) is 13.2 Å². The predicted octanol–water partition coefficient (Wildman–Crippen LogP) is 2.00. The number of benzene rings is 1. The molecule has 0 bridgehead atoms. The summed E-state index contributed by atoms with van der Waals surface area (Å²) in [5.41, 5.74) is 1.39. The molecule has 0 aliphatic heterocycles. The fourth-order valence-electron chi connectivity index (χ4n) is 1.77. The molecule has 0 spiro atoms. The zero-order chi connectivity index (χ0) is 16.2. The molecule has 6 nitrogen and oxygen atoms in total. The maximum atomic E-state index is 12.2. The highest BCUT2D eigenvalue weighted by molar-refractivity contribution is 7.91. The Morgan fingerprint density at radius 3 is 2.77 bits per heavy atom. The van der Waals surface area contributed by atoms with Gasteiger partial charge in [-0.25, -0.2) is 17.9 Å². The molecule has 1 heterocycles. The first-order valence-electron chi connectivity index (χ1n) is 6.36. The van der Waals surface area contributed by atoms with Crippen LogP contribution in [0, 0.1) is 6.92 Å². The average Bonchev–Trinajstić information content (AvgIpc) is 2.91. The Morgan fingerprint density at radius 1 is 1.36 bits per heavy atom. The zero-order valence-corrected chi connectivity index (χ0v) is 13.4. The normalized spacial score (nSPS) is 11.3. The van der Waals surface area contributed by atoms with Gasteiger partial charge in [0, 0.05) is 6.54 Å². The molecule has 2 N–H and O–H groups in total. The van der Waals surface area contributed by atoms with Crippen molar-refractivity contribution in [2.24, 2.45) is 0 Å². The van der Waals surface area contributed by atoms with Crippen molar-refractivity contribution < 1.29 is 23.1 Å². The summed E-state index contributed by atoms with van der Waals surface area (Å²) >= 11 is 1.17. The Hall–Kier alpha value is -1.90. The second-order valence-electron chi connectivity index (χ2n) is 4.55. The van der Waals surface area contributed by atoms with E-state index in [0.717, 1.165) is 0 Å². The summed E-state index contributed by atoms with van der Waals surface area (Å²) in [4.78, 5) is 10.5. The lowest BCUT2D eigenvalue weighted by atomic mass is 10.2. The first-order valence-corrected chi connectivity index (χ1v) is 8.72. The third-order valence-electron chi connectivity index (χ3n) is 2.79. The van der Waals surface area contributed by atoms with E-state index >= 15 is 0 Å². The van der Waals surface area contributed by atoms with Gasteiger partial charge in [-0.1, -0.05) is 12.1 Å². The van der Waals surface area contributed by atoms with Gasteiger partial charge < -0.3 is 9.84 Å². The molecular formula is C14H15NO5S2. The maximum absolute atomic E-state index is 12.2. The van der Waals surface area contributed by atoms with Gasteiger partial charge in [0.2, 0.25) is 0 Å². The lowest BCUT2D eigenvalue weighted by Crippen LogP contribution is -2.23. The summed E-state index contributed by atoms with van der Waals surface area (Å²) in [6, 6.07) is 8.38. The lowest BCUT2D eigenvalue weighted by Gasteiger charge is -2.08. The van der Waals surface area contributed by atoms with Crippen molar-refractivity contribution >= 4 is 27.3 Å². The van der Waals surface area contributed by atoms with Crippen LogP contribution in [0.1, 0.15) is 11.1 Å². The molecule has 22 heavy (non-hydrogen) atoms. The van der Waals surface area contributed by atoms with Crippen molar-refractivity contribution in [2.75, 3.05) is 6.61 Å². The van der Waals surface area contributed by atoms with Gasteiger partial charge in [-0.05, 0) is 41.6 Å². The summed E-state index contributed by atoms with van der Waals surface area (Å²) in [6.07, 6.45) is 0. The molecule has 2 aromatic rings. The zero-order valence-electron chi connectivity index (χ0n) is 11.8. The van der Waals surface area contributed by atoms with Crippen LogP contribution in [-0.2, 0) is 21.4 Å². The van der Waals surface area contributed by atoms with Gasteiger partial charge in [0.15, 0.2) is 6.61 Å². The molecule has 1 aromatic carbocycles. The van der Waals surface area contributed by atoms with Crippen molar-refractivity contribution in [3.8, 4) is 5.75 Å². The van der Waals surface area contributed by atoms with Crippen molar-refractivity contribution in [3.63, 3.8) is 0 Å². The Bertz CT molecular complexity index is 767. The average molecular weight is 341 g/mol. The van der Waals surface area contributed by atoms with Crippen LogP contribution in [0.3, 0.4) is 0 Å². The number of carbonyl (C=O) groups is 1. The number of hydrogen-bond donors (Lipinski definition) is 2. The van der Waals surface area contributed by atoms with Crippen LogP contribution in [0.15, 0.2) is 39.9 Å². The van der Waals surface area contributed by atoms with Crippen LogP contribution in [-0.4, -0.2) is 26.1 Å². The molecule has 0 unspecified atom stereocenters. The van der Waals surface area contributed by atoms with Crippen LogP contribution in [0.5, 0.6) is 5.75 Å². The van der Waals surface area contributed by atoms with Crippen molar-refractivity contribution in [3.05, 3.63) is 46.8 Å². The third-order valence-corrected chi connectivity index (χ3v) is 5.88. The quantitative estimate of drug-likeness (QED) is 0.803. The minimum Gasteiger partial charge on any atom is -0.482 e. The summed E-state index contributed by atoms with van der Waals surface area (Å²) in [6.45, 7) is 1.40. The number of thiophene rings is 1. The van der Waals surface area contributed by atoms with E-state index in [-0.39, 0.29) is 6.54 Å². The molecule has 0 atom stereocenters. The Labute approximate surface area is 132 Å². The van der Waals surface area contributed by atoms with Crippen molar-refractivity contribution in [2.45, 2.75) is 17.7 Å². The van der Waals surface area contributed by atoms with Gasteiger partial charge >= 0.3 is 5.97 Å². The first-order chi connectivity index (χ1) is 10.4. The molecule has 0 aliphatic carbocycles. The van der Waals surface area contributed by atoms with E-state index in [1.54, 1.807) is 42.6 Å². The van der Waals surface area contributed by atoms with Crippen LogP contribution in [0.4, 0.5) is 0 Å². The molecular weight excluding hydrogens is 326 g/mol. The third kappa shape index (κ3) is 4.30. The molecule has 0 saturated carbocycles. The fourth-order valence-corrected chi connectivity index (χ4v) is 4.25. The number of rotatable bonds is 7. The molecule has 118 valence electrons. The van der Waals surface area contributed by atoms with Gasteiger partial charge in [0.05, 0.1) is 0 Å². The SMILES string of the molecule is Cc1ccsc1S(=O)(=O)NCc1cccc(OCC(=O)O)c1. The maximum Gasteiger partial charge on any atom is 0.341 e. The van der Waals surface area contributed by atoms with Gasteiger partial charge in [-0.2, -0.15) is 0 Å². The van der Waals surface area contributed by atoms with Crippen LogP contribution >= 0.6 is 11.3 Å². The molecule has 0 radical (unpaired) electrons. The fraction of sp³-hybridized carbons (Fsp3) is 0.214. The second-order valence-corrected chi connectivity index (χ2v) is 7.42. The molecule has 1 aromatic heterocycles. The number of carboxylic acids is 1. The van der Waals surface area contributed by atoms with Gasteiger partial charge in [0.1, 0.15) is 9.96 Å². The van der Waals surface area contributed by atoms with Crippen LogP contribution in [0.2, 0.25) is 0 Å². The highest BCUT2D eigenvalue weighted by atomic mass is 32.2. The topological polar surface area (TPSA) is 92.7 Å². The lowest BCUT2D eigenvalue weighted by molar-refractivity contribution is -0.139. The predicted molar refractivity (Wildman–Crippen MR) is 82.7 cm³/mol. The highest BCUT2D eigenvalue weighted by Gasteiger charge is 2.17. The monoisotopic (exact) mass is 341 g/mol. The smallest absolute Gasteiger partial charge is 0.341 e. The van der Waals surface area contributed by atoms with Crippen LogP contribution in [0.25, 0.3) is 0 Å².